The number of carbonyl (C=O) groups is 1. The molecule has 0 saturated heterocycles. The molecule has 12 heavy (non-hydrogen) atoms. The summed E-state index contributed by atoms with van der Waals surface area (Å²) in [5, 5.41) is 2.87. The lowest BCUT2D eigenvalue weighted by atomic mass is 10.1. The Morgan fingerprint density at radius 1 is 1.58 bits per heavy atom. The largest absolute Gasteiger partial charge is 0.463 e. The monoisotopic (exact) mass is 174 g/mol. The predicted molar refractivity (Wildman–Crippen MR) is 47.7 cm³/mol. The Morgan fingerprint density at radius 3 is 2.58 bits per heavy atom. The van der Waals surface area contributed by atoms with E-state index in [-0.39, 0.29) is 11.9 Å². The second kappa shape index (κ2) is 5.97. The summed E-state index contributed by atoms with van der Waals surface area (Å²) in [5.41, 5.74) is 5.55. The van der Waals surface area contributed by atoms with Gasteiger partial charge in [0.15, 0.2) is 0 Å². The molecule has 0 amide bonds. The molecule has 0 rings (SSSR count). The van der Waals surface area contributed by atoms with Gasteiger partial charge >= 0.3 is 5.97 Å². The van der Waals surface area contributed by atoms with Gasteiger partial charge in [-0.2, -0.15) is 0 Å². The standard InChI is InChI=1S/C8H18N2O2/c1-6(2)7(9)8(11)12-5-4-10-3/h6-7,10H,4-5,9H2,1-3H3/t7-/m0/s1. The molecule has 3 N–H and O–H groups in total. The molecule has 0 aromatic rings. The second-order valence-electron chi connectivity index (χ2n) is 3.04. The van der Waals surface area contributed by atoms with E-state index in [0.717, 1.165) is 0 Å². The molecule has 0 aromatic heterocycles. The molecule has 0 radical (unpaired) electrons. The van der Waals surface area contributed by atoms with Crippen LogP contribution >= 0.6 is 0 Å². The lowest BCUT2D eigenvalue weighted by Crippen LogP contribution is -2.37. The topological polar surface area (TPSA) is 64.3 Å². The molecule has 0 aliphatic heterocycles. The maximum Gasteiger partial charge on any atom is 0.323 e. The van der Waals surface area contributed by atoms with Gasteiger partial charge in [0.25, 0.3) is 0 Å². The van der Waals surface area contributed by atoms with Crippen LogP contribution in [0.1, 0.15) is 13.8 Å². The van der Waals surface area contributed by atoms with Crippen LogP contribution in [0.25, 0.3) is 0 Å². The zero-order valence-electron chi connectivity index (χ0n) is 7.96. The van der Waals surface area contributed by atoms with Crippen LogP contribution in [0.5, 0.6) is 0 Å². The van der Waals surface area contributed by atoms with Crippen molar-refractivity contribution in [3.05, 3.63) is 0 Å². The van der Waals surface area contributed by atoms with Crippen molar-refractivity contribution in [1.29, 1.82) is 0 Å². The van der Waals surface area contributed by atoms with Gasteiger partial charge in [-0.25, -0.2) is 0 Å². The van der Waals surface area contributed by atoms with Crippen molar-refractivity contribution in [3.8, 4) is 0 Å². The van der Waals surface area contributed by atoms with Crippen molar-refractivity contribution in [2.45, 2.75) is 19.9 Å². The lowest BCUT2D eigenvalue weighted by Gasteiger charge is -2.13. The van der Waals surface area contributed by atoms with Crippen molar-refractivity contribution in [3.63, 3.8) is 0 Å². The normalized spacial score (nSPS) is 13.1. The molecule has 0 saturated carbocycles. The molecule has 72 valence electrons. The molecular formula is C8H18N2O2. The van der Waals surface area contributed by atoms with Crippen LogP contribution < -0.4 is 11.1 Å². The maximum atomic E-state index is 11.1. The molecule has 0 heterocycles. The first-order chi connectivity index (χ1) is 5.59. The van der Waals surface area contributed by atoms with E-state index in [1.807, 2.05) is 13.8 Å². The molecule has 0 unspecified atom stereocenters. The van der Waals surface area contributed by atoms with Crippen LogP contribution in [-0.2, 0) is 9.53 Å². The average Bonchev–Trinajstić information content (AvgIpc) is 2.03. The number of nitrogens with two attached hydrogens (primary N) is 1. The first-order valence-electron chi connectivity index (χ1n) is 4.16. The van der Waals surface area contributed by atoms with Gasteiger partial charge in [0, 0.05) is 6.54 Å². The molecule has 4 nitrogen and oxygen atoms in total. The number of hydrogen-bond acceptors (Lipinski definition) is 4. The van der Waals surface area contributed by atoms with Gasteiger partial charge in [-0.05, 0) is 13.0 Å². The van der Waals surface area contributed by atoms with Crippen molar-refractivity contribution in [1.82, 2.24) is 5.32 Å². The number of hydrogen-bond donors (Lipinski definition) is 2. The van der Waals surface area contributed by atoms with Gasteiger partial charge in [-0.3, -0.25) is 4.79 Å². The molecule has 0 aliphatic carbocycles. The molecule has 1 atom stereocenters. The minimum atomic E-state index is -0.498. The quantitative estimate of drug-likeness (QED) is 0.445. The van der Waals surface area contributed by atoms with Crippen LogP contribution in [0, 0.1) is 5.92 Å². The van der Waals surface area contributed by atoms with Gasteiger partial charge in [-0.1, -0.05) is 13.8 Å². The van der Waals surface area contributed by atoms with E-state index in [1.54, 1.807) is 7.05 Å². The van der Waals surface area contributed by atoms with Crippen molar-refractivity contribution in [2.75, 3.05) is 20.2 Å². The van der Waals surface area contributed by atoms with Crippen LogP contribution in [0.15, 0.2) is 0 Å². The summed E-state index contributed by atoms with van der Waals surface area (Å²) < 4.78 is 4.88. The lowest BCUT2D eigenvalue weighted by molar-refractivity contribution is -0.146. The summed E-state index contributed by atoms with van der Waals surface area (Å²) in [4.78, 5) is 11.1. The van der Waals surface area contributed by atoms with E-state index in [0.29, 0.717) is 13.2 Å². The molecule has 0 aromatic carbocycles. The Labute approximate surface area is 73.5 Å². The smallest absolute Gasteiger partial charge is 0.323 e. The summed E-state index contributed by atoms with van der Waals surface area (Å²) in [6.45, 7) is 4.83. The van der Waals surface area contributed by atoms with E-state index >= 15 is 0 Å². The van der Waals surface area contributed by atoms with Gasteiger partial charge in [0.1, 0.15) is 12.6 Å². The Kier molecular flexibility index (Phi) is 5.66. The highest BCUT2D eigenvalue weighted by molar-refractivity contribution is 5.75. The Balaban J connectivity index is 3.57. The van der Waals surface area contributed by atoms with Gasteiger partial charge in [0.05, 0.1) is 0 Å². The SMILES string of the molecule is CNCCOC(=O)[C@@H](N)C(C)C. The number of rotatable bonds is 5. The zero-order chi connectivity index (χ0) is 9.56. The van der Waals surface area contributed by atoms with E-state index in [9.17, 15) is 4.79 Å². The summed E-state index contributed by atoms with van der Waals surface area (Å²) in [7, 11) is 1.80. The highest BCUT2D eigenvalue weighted by atomic mass is 16.5. The van der Waals surface area contributed by atoms with Gasteiger partial charge in [0.2, 0.25) is 0 Å². The molecule has 0 fully saturated rings. The van der Waals surface area contributed by atoms with Crippen LogP contribution in [-0.4, -0.2) is 32.2 Å². The molecule has 0 bridgehead atoms. The summed E-state index contributed by atoms with van der Waals surface area (Å²) >= 11 is 0. The average molecular weight is 174 g/mol. The fourth-order valence-electron chi connectivity index (χ4n) is 0.622. The van der Waals surface area contributed by atoms with Gasteiger partial charge < -0.3 is 15.8 Å². The summed E-state index contributed by atoms with van der Waals surface area (Å²) in [6, 6.07) is -0.498. The fourth-order valence-corrected chi connectivity index (χ4v) is 0.622. The zero-order valence-corrected chi connectivity index (χ0v) is 7.96. The van der Waals surface area contributed by atoms with Crippen molar-refractivity contribution in [2.24, 2.45) is 11.7 Å². The number of ether oxygens (including phenoxy) is 1. The third kappa shape index (κ3) is 4.31. The van der Waals surface area contributed by atoms with E-state index < -0.39 is 6.04 Å². The summed E-state index contributed by atoms with van der Waals surface area (Å²) in [6.07, 6.45) is 0. The van der Waals surface area contributed by atoms with E-state index in [2.05, 4.69) is 5.32 Å². The number of nitrogens with one attached hydrogen (secondary N) is 1. The minimum Gasteiger partial charge on any atom is -0.463 e. The third-order valence-corrected chi connectivity index (χ3v) is 1.59. The fraction of sp³-hybridized carbons (Fsp3) is 0.875. The predicted octanol–water partition coefficient (Wildman–Crippen LogP) is -0.268. The van der Waals surface area contributed by atoms with Crippen LogP contribution in [0.4, 0.5) is 0 Å². The van der Waals surface area contributed by atoms with Crippen molar-refractivity contribution < 1.29 is 9.53 Å². The van der Waals surface area contributed by atoms with Crippen LogP contribution in [0.3, 0.4) is 0 Å². The minimum absolute atomic E-state index is 0.132. The molecular weight excluding hydrogens is 156 g/mol. The maximum absolute atomic E-state index is 11.1. The number of esters is 1. The van der Waals surface area contributed by atoms with Crippen LogP contribution in [0.2, 0.25) is 0 Å². The van der Waals surface area contributed by atoms with E-state index in [1.165, 1.54) is 0 Å². The highest BCUT2D eigenvalue weighted by Gasteiger charge is 2.17. The molecule has 4 heteroatoms. The number of carbonyl (C=O) groups excluding carboxylic acids is 1. The third-order valence-electron chi connectivity index (χ3n) is 1.59. The first kappa shape index (κ1) is 11.4. The Hall–Kier alpha value is -0.610. The molecule has 0 aliphatic rings. The summed E-state index contributed by atoms with van der Waals surface area (Å²) in [5.74, 6) is -0.188. The van der Waals surface area contributed by atoms with E-state index in [4.69, 9.17) is 10.5 Å². The Bertz CT molecular complexity index is 137. The first-order valence-corrected chi connectivity index (χ1v) is 4.16. The molecule has 0 spiro atoms. The Morgan fingerprint density at radius 2 is 2.17 bits per heavy atom. The number of likely N-dealkylation sites (N-methyl/N-ethyl adjacent to an activating group) is 1. The van der Waals surface area contributed by atoms with Crippen molar-refractivity contribution >= 4 is 5.97 Å². The van der Waals surface area contributed by atoms with Gasteiger partial charge in [-0.15, -0.1) is 0 Å². The highest BCUT2D eigenvalue weighted by Crippen LogP contribution is 1.99. The second-order valence-corrected chi connectivity index (χ2v) is 3.04.